The van der Waals surface area contributed by atoms with E-state index in [2.05, 4.69) is 44.9 Å². The van der Waals surface area contributed by atoms with Gasteiger partial charge in [-0.05, 0) is 72.6 Å². The summed E-state index contributed by atoms with van der Waals surface area (Å²) in [6.45, 7) is 6.73. The van der Waals surface area contributed by atoms with Crippen LogP contribution in [0.4, 0.5) is 11.5 Å². The van der Waals surface area contributed by atoms with Gasteiger partial charge in [-0.2, -0.15) is 0 Å². The Kier molecular flexibility index (Phi) is 4.65. The van der Waals surface area contributed by atoms with Crippen molar-refractivity contribution in [1.82, 2.24) is 4.98 Å². The number of hydrogen-bond acceptors (Lipinski definition) is 3. The number of rotatable bonds is 4. The van der Waals surface area contributed by atoms with Gasteiger partial charge in [-0.25, -0.2) is 4.98 Å². The van der Waals surface area contributed by atoms with Crippen molar-refractivity contribution in [2.45, 2.75) is 20.8 Å². The molecule has 4 heteroatoms. The number of nitrogens with zero attached hydrogens (tertiary/aromatic N) is 2. The lowest BCUT2D eigenvalue weighted by atomic mass is 10.2. The van der Waals surface area contributed by atoms with Crippen LogP contribution >= 0.6 is 15.9 Å². The van der Waals surface area contributed by atoms with Crippen molar-refractivity contribution in [1.29, 1.82) is 0 Å². The molecule has 0 unspecified atom stereocenters. The molecule has 0 amide bonds. The molecule has 1 aromatic carbocycles. The molecule has 0 aliphatic carbocycles. The topological polar surface area (TPSA) is 25.4 Å². The molecular formula is C16H19BrN2O. The van der Waals surface area contributed by atoms with Crippen molar-refractivity contribution in [3.8, 4) is 5.75 Å². The highest BCUT2D eigenvalue weighted by atomic mass is 79.9. The van der Waals surface area contributed by atoms with Crippen LogP contribution in [-0.2, 0) is 0 Å². The van der Waals surface area contributed by atoms with Crippen LogP contribution in [0.1, 0.15) is 18.2 Å². The van der Waals surface area contributed by atoms with E-state index in [-0.39, 0.29) is 0 Å². The second-order valence-corrected chi connectivity index (χ2v) is 5.53. The van der Waals surface area contributed by atoms with E-state index in [9.17, 15) is 0 Å². The molecule has 0 atom stereocenters. The number of benzene rings is 1. The Morgan fingerprint density at radius 1 is 1.20 bits per heavy atom. The molecular weight excluding hydrogens is 316 g/mol. The van der Waals surface area contributed by atoms with Crippen molar-refractivity contribution in [3.05, 3.63) is 46.1 Å². The third-order valence-corrected chi connectivity index (χ3v) is 4.03. The fraction of sp³-hybridized carbons (Fsp3) is 0.312. The monoisotopic (exact) mass is 334 g/mol. The van der Waals surface area contributed by atoms with Gasteiger partial charge >= 0.3 is 0 Å². The van der Waals surface area contributed by atoms with Crippen LogP contribution in [-0.4, -0.2) is 18.6 Å². The Morgan fingerprint density at radius 2 is 1.95 bits per heavy atom. The second kappa shape index (κ2) is 6.27. The van der Waals surface area contributed by atoms with Gasteiger partial charge in [0.15, 0.2) is 0 Å². The zero-order valence-corrected chi connectivity index (χ0v) is 13.9. The third kappa shape index (κ3) is 3.12. The lowest BCUT2D eigenvalue weighted by molar-refractivity contribution is 0.338. The van der Waals surface area contributed by atoms with Crippen molar-refractivity contribution in [2.75, 3.05) is 18.6 Å². The molecule has 0 saturated carbocycles. The maximum Gasteiger partial charge on any atom is 0.133 e. The second-order valence-electron chi connectivity index (χ2n) is 4.68. The Balaban J connectivity index is 2.30. The molecule has 2 rings (SSSR count). The van der Waals surface area contributed by atoms with Gasteiger partial charge < -0.3 is 9.64 Å². The molecule has 0 fully saturated rings. The minimum atomic E-state index is 0.684. The number of ether oxygens (including phenoxy) is 1. The molecule has 3 nitrogen and oxygen atoms in total. The quantitative estimate of drug-likeness (QED) is 0.815. The molecule has 0 N–H and O–H groups in total. The highest BCUT2D eigenvalue weighted by Crippen LogP contribution is 2.28. The van der Waals surface area contributed by atoms with Gasteiger partial charge in [0.25, 0.3) is 0 Å². The van der Waals surface area contributed by atoms with Crippen molar-refractivity contribution >= 4 is 27.4 Å². The van der Waals surface area contributed by atoms with Crippen LogP contribution in [0.25, 0.3) is 0 Å². The predicted molar refractivity (Wildman–Crippen MR) is 87.1 cm³/mol. The first-order valence-electron chi connectivity index (χ1n) is 6.63. The van der Waals surface area contributed by atoms with E-state index in [4.69, 9.17) is 4.74 Å². The first-order chi connectivity index (χ1) is 9.52. The number of aryl methyl sites for hydroxylation is 2. The van der Waals surface area contributed by atoms with Gasteiger partial charge in [0, 0.05) is 17.2 Å². The minimum absolute atomic E-state index is 0.684. The maximum absolute atomic E-state index is 5.57. The fourth-order valence-electron chi connectivity index (χ4n) is 2.01. The normalized spacial score (nSPS) is 10.4. The van der Waals surface area contributed by atoms with Crippen LogP contribution in [0.15, 0.2) is 34.8 Å². The zero-order valence-electron chi connectivity index (χ0n) is 12.3. The number of hydrogen-bond donors (Lipinski definition) is 0. The number of aromatic nitrogens is 1. The highest BCUT2D eigenvalue weighted by molar-refractivity contribution is 9.10. The SMILES string of the molecule is CCOc1ccc(N(C)c2ccc(Br)c(C)n2)cc1C. The Bertz CT molecular complexity index is 613. The van der Waals surface area contributed by atoms with Crippen LogP contribution in [0, 0.1) is 13.8 Å². The van der Waals surface area contributed by atoms with Gasteiger partial charge in [0.1, 0.15) is 11.6 Å². The van der Waals surface area contributed by atoms with E-state index in [1.165, 1.54) is 0 Å². The minimum Gasteiger partial charge on any atom is -0.494 e. The summed E-state index contributed by atoms with van der Waals surface area (Å²) >= 11 is 3.48. The lowest BCUT2D eigenvalue weighted by Crippen LogP contribution is -2.12. The molecule has 0 saturated heterocycles. The van der Waals surface area contributed by atoms with E-state index in [1.54, 1.807) is 0 Å². The number of pyridine rings is 1. The Labute approximate surface area is 128 Å². The average molecular weight is 335 g/mol. The zero-order chi connectivity index (χ0) is 14.7. The van der Waals surface area contributed by atoms with Crippen LogP contribution in [0.2, 0.25) is 0 Å². The predicted octanol–water partition coefficient (Wildman–Crippen LogP) is 4.63. The smallest absolute Gasteiger partial charge is 0.133 e. The Hall–Kier alpha value is -1.55. The van der Waals surface area contributed by atoms with Gasteiger partial charge in [-0.1, -0.05) is 0 Å². The molecule has 1 aromatic heterocycles. The standard InChI is InChI=1S/C16H19BrN2O/c1-5-20-15-8-6-13(10-11(15)2)19(4)16-9-7-14(17)12(3)18-16/h6-10H,5H2,1-4H3. The van der Waals surface area contributed by atoms with E-state index < -0.39 is 0 Å². The summed E-state index contributed by atoms with van der Waals surface area (Å²) in [5, 5.41) is 0. The van der Waals surface area contributed by atoms with E-state index in [1.807, 2.05) is 39.1 Å². The first kappa shape index (κ1) is 14.9. The molecule has 20 heavy (non-hydrogen) atoms. The van der Waals surface area contributed by atoms with Crippen LogP contribution in [0.5, 0.6) is 5.75 Å². The fourth-order valence-corrected chi connectivity index (χ4v) is 2.23. The summed E-state index contributed by atoms with van der Waals surface area (Å²) < 4.78 is 6.60. The largest absolute Gasteiger partial charge is 0.494 e. The Morgan fingerprint density at radius 3 is 2.55 bits per heavy atom. The first-order valence-corrected chi connectivity index (χ1v) is 7.42. The van der Waals surface area contributed by atoms with Crippen molar-refractivity contribution in [2.24, 2.45) is 0 Å². The molecule has 0 aliphatic rings. The summed E-state index contributed by atoms with van der Waals surface area (Å²) in [6.07, 6.45) is 0. The average Bonchev–Trinajstić information content (AvgIpc) is 2.43. The molecule has 0 radical (unpaired) electrons. The lowest BCUT2D eigenvalue weighted by Gasteiger charge is -2.20. The summed E-state index contributed by atoms with van der Waals surface area (Å²) in [4.78, 5) is 6.66. The summed E-state index contributed by atoms with van der Waals surface area (Å²) in [5.74, 6) is 1.86. The number of halogens is 1. The third-order valence-electron chi connectivity index (χ3n) is 3.20. The molecule has 0 spiro atoms. The maximum atomic E-state index is 5.57. The molecule has 1 heterocycles. The number of anilines is 2. The van der Waals surface area contributed by atoms with E-state index in [0.717, 1.165) is 33.0 Å². The van der Waals surface area contributed by atoms with Crippen molar-refractivity contribution < 1.29 is 4.74 Å². The summed E-state index contributed by atoms with van der Waals surface area (Å²) in [7, 11) is 2.02. The molecule has 0 bridgehead atoms. The van der Waals surface area contributed by atoms with E-state index >= 15 is 0 Å². The molecule has 106 valence electrons. The van der Waals surface area contributed by atoms with Crippen LogP contribution < -0.4 is 9.64 Å². The highest BCUT2D eigenvalue weighted by Gasteiger charge is 2.09. The van der Waals surface area contributed by atoms with Gasteiger partial charge in [0.05, 0.1) is 12.3 Å². The van der Waals surface area contributed by atoms with Crippen LogP contribution in [0.3, 0.4) is 0 Å². The molecule has 2 aromatic rings. The summed E-state index contributed by atoms with van der Waals surface area (Å²) in [5.41, 5.74) is 3.21. The molecule has 0 aliphatic heterocycles. The van der Waals surface area contributed by atoms with Gasteiger partial charge in [-0.3, -0.25) is 0 Å². The van der Waals surface area contributed by atoms with Gasteiger partial charge in [0.2, 0.25) is 0 Å². The van der Waals surface area contributed by atoms with Crippen molar-refractivity contribution in [3.63, 3.8) is 0 Å². The summed E-state index contributed by atoms with van der Waals surface area (Å²) in [6, 6.07) is 10.2. The van der Waals surface area contributed by atoms with Gasteiger partial charge in [-0.15, -0.1) is 0 Å². The van der Waals surface area contributed by atoms with E-state index in [0.29, 0.717) is 6.61 Å².